The number of amides is 1. The first-order valence-electron chi connectivity index (χ1n) is 8.11. The Hall–Kier alpha value is -2.57. The fourth-order valence-electron chi connectivity index (χ4n) is 2.54. The molecule has 1 saturated heterocycles. The van der Waals surface area contributed by atoms with Crippen molar-refractivity contribution in [1.29, 1.82) is 0 Å². The summed E-state index contributed by atoms with van der Waals surface area (Å²) in [5.41, 5.74) is 0.902. The number of hydrogen-bond acceptors (Lipinski definition) is 4. The molecule has 0 aromatic heterocycles. The number of hydrogen-bond donors (Lipinski definition) is 2. The number of nitrogens with zero attached hydrogens (tertiary/aromatic N) is 2. The van der Waals surface area contributed by atoms with Gasteiger partial charge in [-0.05, 0) is 19.1 Å². The highest BCUT2D eigenvalue weighted by molar-refractivity contribution is 5.97. The maximum absolute atomic E-state index is 12.2. The number of anilines is 1. The number of esters is 1. The maximum Gasteiger partial charge on any atom is 0.307 e. The first kappa shape index (κ1) is 17.8. The zero-order chi connectivity index (χ0) is 17.4. The minimum Gasteiger partial charge on any atom is -0.469 e. The number of ether oxygens (including phenoxy) is 1. The fraction of sp³-hybridized carbons (Fsp3) is 0.471. The van der Waals surface area contributed by atoms with Gasteiger partial charge in [-0.2, -0.15) is 0 Å². The van der Waals surface area contributed by atoms with Gasteiger partial charge in [-0.25, -0.2) is 0 Å². The summed E-state index contributed by atoms with van der Waals surface area (Å²) in [6.07, 6.45) is 0.642. The Morgan fingerprint density at radius 1 is 1.38 bits per heavy atom. The van der Waals surface area contributed by atoms with Gasteiger partial charge in [-0.3, -0.25) is 14.6 Å². The molecule has 1 amide bonds. The molecule has 7 heteroatoms. The second-order valence-electron chi connectivity index (χ2n) is 5.47. The van der Waals surface area contributed by atoms with Crippen LogP contribution in [0.5, 0.6) is 0 Å². The van der Waals surface area contributed by atoms with Gasteiger partial charge in [-0.1, -0.05) is 18.2 Å². The summed E-state index contributed by atoms with van der Waals surface area (Å²) in [6.45, 7) is 3.59. The average molecular weight is 332 g/mol. The minimum atomic E-state index is -0.291. The summed E-state index contributed by atoms with van der Waals surface area (Å²) in [6, 6.07) is 9.60. The molecule has 2 rings (SSSR count). The molecule has 1 aromatic rings. The number of guanidine groups is 1. The van der Waals surface area contributed by atoms with Gasteiger partial charge >= 0.3 is 5.97 Å². The Kier molecular flexibility index (Phi) is 6.60. The number of carbonyl (C=O) groups excluding carboxylic acids is 2. The van der Waals surface area contributed by atoms with Crippen molar-refractivity contribution in [2.75, 3.05) is 31.6 Å². The molecule has 1 aliphatic rings. The molecule has 0 radical (unpaired) electrons. The van der Waals surface area contributed by atoms with Crippen LogP contribution in [-0.2, 0) is 14.3 Å². The predicted molar refractivity (Wildman–Crippen MR) is 92.9 cm³/mol. The Labute approximate surface area is 142 Å². The normalized spacial score (nSPS) is 17.8. The lowest BCUT2D eigenvalue weighted by Gasteiger charge is -2.18. The lowest BCUT2D eigenvalue weighted by atomic mass is 10.2. The number of benzene rings is 1. The van der Waals surface area contributed by atoms with Crippen LogP contribution in [-0.4, -0.2) is 50.6 Å². The van der Waals surface area contributed by atoms with Gasteiger partial charge < -0.3 is 20.3 Å². The molecule has 2 N–H and O–H groups in total. The highest BCUT2D eigenvalue weighted by atomic mass is 16.5. The summed E-state index contributed by atoms with van der Waals surface area (Å²) in [5.74, 6) is 0.402. The maximum atomic E-state index is 12.2. The van der Waals surface area contributed by atoms with Crippen LogP contribution in [0.4, 0.5) is 5.69 Å². The summed E-state index contributed by atoms with van der Waals surface area (Å²) in [7, 11) is 1.36. The lowest BCUT2D eigenvalue weighted by Crippen LogP contribution is -2.44. The van der Waals surface area contributed by atoms with Crippen LogP contribution in [0.25, 0.3) is 0 Å². The quantitative estimate of drug-likeness (QED) is 0.460. The largest absolute Gasteiger partial charge is 0.469 e. The predicted octanol–water partition coefficient (Wildman–Crippen LogP) is 0.910. The van der Waals surface area contributed by atoms with Crippen LogP contribution >= 0.6 is 0 Å². The van der Waals surface area contributed by atoms with E-state index in [0.717, 1.165) is 5.69 Å². The van der Waals surface area contributed by atoms with Gasteiger partial charge in [0.1, 0.15) is 0 Å². The average Bonchev–Trinajstić information content (AvgIpc) is 2.96. The van der Waals surface area contributed by atoms with Crippen molar-refractivity contribution in [2.45, 2.75) is 25.8 Å². The molecular formula is C17H24N4O3. The number of aliphatic imine (C=N–C) groups is 1. The Balaban J connectivity index is 1.94. The van der Waals surface area contributed by atoms with E-state index >= 15 is 0 Å². The first-order valence-corrected chi connectivity index (χ1v) is 8.11. The van der Waals surface area contributed by atoms with Gasteiger partial charge in [-0.15, -0.1) is 0 Å². The van der Waals surface area contributed by atoms with Crippen LogP contribution in [0.3, 0.4) is 0 Å². The molecule has 1 unspecified atom stereocenters. The van der Waals surface area contributed by atoms with E-state index in [2.05, 4.69) is 20.4 Å². The summed E-state index contributed by atoms with van der Waals surface area (Å²) in [4.78, 5) is 29.5. The Morgan fingerprint density at radius 3 is 2.79 bits per heavy atom. The molecule has 0 spiro atoms. The first-order chi connectivity index (χ1) is 11.6. The highest BCUT2D eigenvalue weighted by Crippen LogP contribution is 2.20. The molecule has 0 bridgehead atoms. The second kappa shape index (κ2) is 8.90. The van der Waals surface area contributed by atoms with Gasteiger partial charge in [0.2, 0.25) is 5.91 Å². The van der Waals surface area contributed by atoms with E-state index in [1.165, 1.54) is 7.11 Å². The molecule has 1 atom stereocenters. The van der Waals surface area contributed by atoms with Crippen molar-refractivity contribution in [3.63, 3.8) is 0 Å². The van der Waals surface area contributed by atoms with Crippen LogP contribution in [0.15, 0.2) is 35.3 Å². The van der Waals surface area contributed by atoms with Crippen LogP contribution < -0.4 is 15.5 Å². The summed E-state index contributed by atoms with van der Waals surface area (Å²) < 4.78 is 4.60. The Bertz CT molecular complexity index is 589. The second-order valence-corrected chi connectivity index (χ2v) is 5.47. The number of nitrogens with one attached hydrogen (secondary N) is 2. The van der Waals surface area contributed by atoms with Crippen molar-refractivity contribution >= 4 is 23.5 Å². The van der Waals surface area contributed by atoms with Crippen molar-refractivity contribution < 1.29 is 14.3 Å². The molecule has 7 nitrogen and oxygen atoms in total. The molecule has 1 fully saturated rings. The van der Waals surface area contributed by atoms with Gasteiger partial charge in [0.25, 0.3) is 0 Å². The lowest BCUT2D eigenvalue weighted by molar-refractivity contribution is -0.140. The highest BCUT2D eigenvalue weighted by Gasteiger charge is 2.30. The third-order valence-corrected chi connectivity index (χ3v) is 3.69. The van der Waals surface area contributed by atoms with Crippen molar-refractivity contribution in [3.05, 3.63) is 30.3 Å². The number of rotatable bonds is 6. The van der Waals surface area contributed by atoms with Gasteiger partial charge in [0, 0.05) is 25.2 Å². The molecule has 130 valence electrons. The van der Waals surface area contributed by atoms with Crippen LogP contribution in [0.2, 0.25) is 0 Å². The van der Waals surface area contributed by atoms with Gasteiger partial charge in [0.05, 0.1) is 26.1 Å². The van der Waals surface area contributed by atoms with Crippen LogP contribution in [0, 0.1) is 0 Å². The smallest absolute Gasteiger partial charge is 0.307 e. The molecule has 24 heavy (non-hydrogen) atoms. The number of carbonyl (C=O) groups is 2. The van der Waals surface area contributed by atoms with E-state index in [9.17, 15) is 9.59 Å². The monoisotopic (exact) mass is 332 g/mol. The third kappa shape index (κ3) is 4.97. The molecular weight excluding hydrogens is 308 g/mol. The van der Waals surface area contributed by atoms with Crippen molar-refractivity contribution in [1.82, 2.24) is 10.6 Å². The van der Waals surface area contributed by atoms with Crippen molar-refractivity contribution in [3.8, 4) is 0 Å². The molecule has 0 saturated carbocycles. The standard InChI is InChI=1S/C17H24N4O3/c1-3-18-17(19-10-9-16(23)24-2)20-13-11-15(22)21(12-13)14-7-5-4-6-8-14/h4-8,13H,3,9-12H2,1-2H3,(H2,18,19,20). The molecule has 1 aromatic carbocycles. The number of methoxy groups -OCH3 is 1. The van der Waals surface area contributed by atoms with E-state index in [4.69, 9.17) is 0 Å². The zero-order valence-corrected chi connectivity index (χ0v) is 14.1. The van der Waals surface area contributed by atoms with Crippen molar-refractivity contribution in [2.24, 2.45) is 4.99 Å². The topological polar surface area (TPSA) is 83.0 Å². The summed E-state index contributed by atoms with van der Waals surface area (Å²) in [5, 5.41) is 6.39. The van der Waals surface area contributed by atoms with E-state index in [-0.39, 0.29) is 24.3 Å². The van der Waals surface area contributed by atoms with Gasteiger partial charge in [0.15, 0.2) is 5.96 Å². The third-order valence-electron chi connectivity index (χ3n) is 3.69. The van der Waals surface area contributed by atoms with E-state index in [1.54, 1.807) is 4.90 Å². The SMILES string of the molecule is CCNC(=NCCC(=O)OC)NC1CC(=O)N(c2ccccc2)C1. The minimum absolute atomic E-state index is 0.0198. The molecule has 0 aliphatic carbocycles. The fourth-order valence-corrected chi connectivity index (χ4v) is 2.54. The van der Waals surface area contributed by atoms with E-state index in [1.807, 2.05) is 37.3 Å². The summed E-state index contributed by atoms with van der Waals surface area (Å²) >= 11 is 0. The van der Waals surface area contributed by atoms with E-state index in [0.29, 0.717) is 32.0 Å². The molecule has 1 heterocycles. The zero-order valence-electron chi connectivity index (χ0n) is 14.1. The van der Waals surface area contributed by atoms with Crippen LogP contribution in [0.1, 0.15) is 19.8 Å². The van der Waals surface area contributed by atoms with E-state index < -0.39 is 0 Å². The number of para-hydroxylation sites is 1. The Morgan fingerprint density at radius 2 is 2.12 bits per heavy atom. The molecule has 1 aliphatic heterocycles.